The van der Waals surface area contributed by atoms with Crippen LogP contribution in [0.5, 0.6) is 0 Å². The van der Waals surface area contributed by atoms with E-state index in [-0.39, 0.29) is 49.4 Å². The SMILES string of the molecule is [C-]#[N+]c1ccc2c3c([nH]c2c1)C(C)(C)c1cc(N2CCN(C(=O)CCCCCCC(=O)N[C@H](C(=O)N4C[C@H](O)C[C@H]4C(=O)NCc4ccc(-c5scnc5C)cc4)C(C)(C)C)CC2)c(CC)cc1C3=O. The average molecular weight is 967 g/mol. The van der Waals surface area contributed by atoms with Crippen molar-refractivity contribution in [2.45, 2.75) is 130 Å². The fraction of sp³-hybridized carbons (Fsp3) is 0.473. The third kappa shape index (κ3) is 10.3. The Balaban J connectivity index is 0.780. The molecule has 2 fully saturated rings. The lowest BCUT2D eigenvalue weighted by Gasteiger charge is -2.39. The third-order valence-corrected chi connectivity index (χ3v) is 15.5. The molecule has 2 aromatic heterocycles. The summed E-state index contributed by atoms with van der Waals surface area (Å²) in [7, 11) is 0. The number of carbonyl (C=O) groups is 5. The predicted octanol–water partition coefficient (Wildman–Crippen LogP) is 8.38. The van der Waals surface area contributed by atoms with Crippen molar-refractivity contribution >= 4 is 63.0 Å². The van der Waals surface area contributed by atoms with E-state index in [1.807, 2.05) is 74.5 Å². The Bertz CT molecular complexity index is 2840. The van der Waals surface area contributed by atoms with Crippen molar-refractivity contribution < 1.29 is 29.1 Å². The highest BCUT2D eigenvalue weighted by Gasteiger charge is 2.45. The molecule has 70 heavy (non-hydrogen) atoms. The number of thiazole rings is 1. The largest absolute Gasteiger partial charge is 0.391 e. The Kier molecular flexibility index (Phi) is 14.7. The number of aryl methyl sites for hydroxylation is 2. The number of nitrogens with one attached hydrogen (secondary N) is 3. The zero-order chi connectivity index (χ0) is 50.1. The number of anilines is 1. The number of aromatic amines is 1. The topological polar surface area (TPSA) is 172 Å². The van der Waals surface area contributed by atoms with E-state index in [0.717, 1.165) is 79.9 Å². The van der Waals surface area contributed by atoms with Crippen molar-refractivity contribution in [3.8, 4) is 10.4 Å². The Labute approximate surface area is 415 Å². The molecule has 0 radical (unpaired) electrons. The second kappa shape index (κ2) is 20.5. The second-order valence-corrected chi connectivity index (χ2v) is 21.6. The molecule has 5 aromatic rings. The summed E-state index contributed by atoms with van der Waals surface area (Å²) in [4.78, 5) is 86.6. The molecule has 4 heterocycles. The van der Waals surface area contributed by atoms with E-state index >= 15 is 0 Å². The normalized spacial score (nSPS) is 18.0. The van der Waals surface area contributed by atoms with Crippen LogP contribution in [0.3, 0.4) is 0 Å². The van der Waals surface area contributed by atoms with Gasteiger partial charge in [0, 0.05) is 91.8 Å². The maximum atomic E-state index is 14.1. The van der Waals surface area contributed by atoms with E-state index in [2.05, 4.69) is 63.3 Å². The lowest BCUT2D eigenvalue weighted by molar-refractivity contribution is -0.144. The zero-order valence-corrected chi connectivity index (χ0v) is 42.4. The van der Waals surface area contributed by atoms with Gasteiger partial charge in [0.25, 0.3) is 0 Å². The van der Waals surface area contributed by atoms with E-state index in [9.17, 15) is 29.1 Å². The number of amides is 4. The molecule has 4 amide bonds. The molecule has 14 nitrogen and oxygen atoms in total. The Morgan fingerprint density at radius 2 is 1.70 bits per heavy atom. The summed E-state index contributed by atoms with van der Waals surface area (Å²) in [5.74, 6) is -0.866. The van der Waals surface area contributed by atoms with Gasteiger partial charge in [0.2, 0.25) is 23.6 Å². The lowest BCUT2D eigenvalue weighted by atomic mass is 9.70. The van der Waals surface area contributed by atoms with Crippen LogP contribution < -0.4 is 15.5 Å². The number of ketones is 1. The number of carbonyl (C=O) groups excluding carboxylic acids is 5. The van der Waals surface area contributed by atoms with Crippen molar-refractivity contribution in [2.75, 3.05) is 37.6 Å². The van der Waals surface area contributed by atoms with E-state index in [1.165, 1.54) is 4.90 Å². The first-order valence-electron chi connectivity index (χ1n) is 24.7. The van der Waals surface area contributed by atoms with Crippen molar-refractivity contribution in [1.29, 1.82) is 0 Å². The van der Waals surface area contributed by atoms with Crippen LogP contribution in [0.2, 0.25) is 0 Å². The number of rotatable bonds is 15. The molecule has 0 bridgehead atoms. The number of fused-ring (bicyclic) bond motifs is 4. The van der Waals surface area contributed by atoms with Gasteiger partial charge in [-0.25, -0.2) is 9.83 Å². The minimum absolute atomic E-state index is 0.00163. The first-order valence-corrected chi connectivity index (χ1v) is 25.6. The van der Waals surface area contributed by atoms with Gasteiger partial charge in [-0.1, -0.05) is 90.8 Å². The third-order valence-electron chi connectivity index (χ3n) is 14.5. The van der Waals surface area contributed by atoms with E-state index in [0.29, 0.717) is 56.7 Å². The summed E-state index contributed by atoms with van der Waals surface area (Å²) in [6, 6.07) is 15.9. The van der Waals surface area contributed by atoms with Gasteiger partial charge in [0.15, 0.2) is 11.5 Å². The molecular formula is C55H66N8O6S. The summed E-state index contributed by atoms with van der Waals surface area (Å²) in [6.45, 7) is 24.3. The number of hydrogen-bond acceptors (Lipinski definition) is 9. The van der Waals surface area contributed by atoms with Gasteiger partial charge < -0.3 is 35.4 Å². The van der Waals surface area contributed by atoms with Gasteiger partial charge in [-0.05, 0) is 72.1 Å². The van der Waals surface area contributed by atoms with Crippen molar-refractivity contribution in [3.63, 3.8) is 0 Å². The second-order valence-electron chi connectivity index (χ2n) is 20.8. The van der Waals surface area contributed by atoms with Crippen molar-refractivity contribution in [2.24, 2.45) is 5.41 Å². The highest BCUT2D eigenvalue weighted by molar-refractivity contribution is 7.13. The molecule has 3 aromatic carbocycles. The molecule has 0 spiro atoms. The number of likely N-dealkylation sites (tertiary alicyclic amines) is 1. The first kappa shape index (κ1) is 50.0. The molecule has 0 saturated carbocycles. The average Bonchev–Trinajstić information content (AvgIpc) is 4.08. The maximum absolute atomic E-state index is 14.1. The molecule has 0 unspecified atom stereocenters. The van der Waals surface area contributed by atoms with Crippen LogP contribution in [0.15, 0.2) is 60.1 Å². The van der Waals surface area contributed by atoms with Crippen LogP contribution in [0, 0.1) is 18.9 Å². The van der Waals surface area contributed by atoms with Gasteiger partial charge in [-0.2, -0.15) is 0 Å². The van der Waals surface area contributed by atoms with Crippen LogP contribution in [0.25, 0.3) is 26.2 Å². The van der Waals surface area contributed by atoms with Crippen molar-refractivity contribution in [1.82, 2.24) is 30.4 Å². The monoisotopic (exact) mass is 966 g/mol. The number of piperazine rings is 1. The quantitative estimate of drug-likeness (QED) is 0.0599. The van der Waals surface area contributed by atoms with Crippen LogP contribution >= 0.6 is 11.3 Å². The Hall–Kier alpha value is -6.37. The number of H-pyrrole nitrogens is 1. The summed E-state index contributed by atoms with van der Waals surface area (Å²) < 4.78 is 0. The Morgan fingerprint density at radius 1 is 0.986 bits per heavy atom. The lowest BCUT2D eigenvalue weighted by Crippen LogP contribution is -2.57. The molecule has 3 aliphatic rings. The summed E-state index contributed by atoms with van der Waals surface area (Å²) in [5, 5.41) is 17.4. The minimum Gasteiger partial charge on any atom is -0.391 e. The van der Waals surface area contributed by atoms with Gasteiger partial charge in [0.05, 0.1) is 34.3 Å². The molecule has 3 atom stereocenters. The molecule has 15 heteroatoms. The molecule has 4 N–H and O–H groups in total. The van der Waals surface area contributed by atoms with Gasteiger partial charge in [0.1, 0.15) is 12.1 Å². The predicted molar refractivity (Wildman–Crippen MR) is 274 cm³/mol. The highest BCUT2D eigenvalue weighted by Crippen LogP contribution is 2.46. The van der Waals surface area contributed by atoms with Gasteiger partial charge in [-0.15, -0.1) is 11.3 Å². The number of β-amino-alcohol motifs (C(OH)–C–C–N with tert-alkyl or cyclic N) is 1. The fourth-order valence-corrected chi connectivity index (χ4v) is 11.2. The molecule has 2 saturated heterocycles. The zero-order valence-electron chi connectivity index (χ0n) is 41.5. The van der Waals surface area contributed by atoms with Crippen LogP contribution in [0.1, 0.15) is 130 Å². The van der Waals surface area contributed by atoms with E-state index in [1.54, 1.807) is 17.4 Å². The van der Waals surface area contributed by atoms with Crippen molar-refractivity contribution in [3.05, 3.63) is 111 Å². The number of unbranched alkanes of at least 4 members (excludes halogenated alkanes) is 3. The highest BCUT2D eigenvalue weighted by atomic mass is 32.1. The van der Waals surface area contributed by atoms with E-state index in [4.69, 9.17) is 6.57 Å². The maximum Gasteiger partial charge on any atom is 0.246 e. The van der Waals surface area contributed by atoms with Crippen LogP contribution in [-0.2, 0) is 37.6 Å². The smallest absolute Gasteiger partial charge is 0.246 e. The number of nitrogens with zero attached hydrogens (tertiary/aromatic N) is 5. The first-order chi connectivity index (χ1) is 33.4. The number of benzene rings is 3. The molecule has 8 rings (SSSR count). The van der Waals surface area contributed by atoms with Crippen LogP contribution in [-0.4, -0.2) is 105 Å². The van der Waals surface area contributed by atoms with Gasteiger partial charge >= 0.3 is 0 Å². The molecule has 368 valence electrons. The number of aliphatic hydroxyl groups is 1. The summed E-state index contributed by atoms with van der Waals surface area (Å²) in [5.41, 5.74) is 10.4. The molecule has 1 aliphatic carbocycles. The summed E-state index contributed by atoms with van der Waals surface area (Å²) in [6.07, 6.45) is 3.55. The Morgan fingerprint density at radius 3 is 2.36 bits per heavy atom. The molecule has 2 aliphatic heterocycles. The molecular weight excluding hydrogens is 901 g/mol. The minimum atomic E-state index is -0.895. The number of aliphatic hydroxyl groups excluding tert-OH is 1. The van der Waals surface area contributed by atoms with E-state index < -0.39 is 34.9 Å². The number of hydrogen-bond donors (Lipinski definition) is 4. The summed E-state index contributed by atoms with van der Waals surface area (Å²) >= 11 is 1.58. The fourth-order valence-electron chi connectivity index (χ4n) is 10.4. The van der Waals surface area contributed by atoms with Gasteiger partial charge in [-0.3, -0.25) is 24.0 Å². The number of aromatic nitrogens is 2. The van der Waals surface area contributed by atoms with Crippen LogP contribution in [0.4, 0.5) is 11.4 Å². The standard InChI is InChI=1S/C55H66N8O6S/c1-9-35-26-40-41(55(6,7)50-47(48(40)67)39-21-20-37(56-8)27-42(39)59-50)29-43(35)61-22-24-62(25-23-61)46(66)15-13-11-10-12-14-45(65)60-51(54(3,4)5)53(69)63-31-38(64)28-44(63)52(68)57-30-34-16-18-36(19-17-34)49-33(2)58-32-70-49/h16-21,26-27,29,32,38,44,51,59,64H,9-15,22-25,28,30-31H2,1-7H3,(H,57,68)(H,60,65)/t38-,44+,51-/m1/s1.